The minimum atomic E-state index is -0.364. The number of nitrogens with zero attached hydrogens (tertiary/aromatic N) is 2. The van der Waals surface area contributed by atoms with E-state index in [1.54, 1.807) is 54.5 Å². The van der Waals surface area contributed by atoms with Crippen LogP contribution in [0.1, 0.15) is 23.2 Å². The van der Waals surface area contributed by atoms with Crippen molar-refractivity contribution in [2.45, 2.75) is 12.8 Å². The molecule has 29 heavy (non-hydrogen) atoms. The molecule has 2 aromatic carbocycles. The number of nitrogens with one attached hydrogen (secondary N) is 1. The predicted octanol–water partition coefficient (Wildman–Crippen LogP) is 3.19. The lowest BCUT2D eigenvalue weighted by atomic mass is 10.1. The molecule has 3 rings (SSSR count). The molecule has 0 aliphatic carbocycles. The first-order chi connectivity index (χ1) is 13.9. The molecule has 0 radical (unpaired) electrons. The summed E-state index contributed by atoms with van der Waals surface area (Å²) in [6.07, 6.45) is 1.18. The number of hydrogen-bond donors (Lipinski definition) is 1. The smallest absolute Gasteiger partial charge is 0.256 e. The molecular formula is C21H22ClN3O4. The lowest BCUT2D eigenvalue weighted by molar-refractivity contribution is -0.117. The van der Waals surface area contributed by atoms with Crippen LogP contribution >= 0.6 is 11.6 Å². The molecule has 0 atom stereocenters. The largest absolute Gasteiger partial charge is 0.497 e. The molecule has 8 heteroatoms. The van der Waals surface area contributed by atoms with E-state index >= 15 is 0 Å². The molecular weight excluding hydrogens is 394 g/mol. The van der Waals surface area contributed by atoms with Crippen LogP contribution in [0.15, 0.2) is 42.5 Å². The van der Waals surface area contributed by atoms with E-state index in [2.05, 4.69) is 5.32 Å². The molecule has 1 fully saturated rings. The van der Waals surface area contributed by atoms with Crippen molar-refractivity contribution in [3.05, 3.63) is 53.1 Å². The third-order valence-corrected chi connectivity index (χ3v) is 4.87. The molecule has 2 aromatic rings. The van der Waals surface area contributed by atoms with Gasteiger partial charge >= 0.3 is 0 Å². The van der Waals surface area contributed by atoms with Crippen LogP contribution in [-0.2, 0) is 9.59 Å². The molecule has 7 nitrogen and oxygen atoms in total. The Balaban J connectivity index is 1.73. The summed E-state index contributed by atoms with van der Waals surface area (Å²) in [5.41, 5.74) is 1.39. The lowest BCUT2D eigenvalue weighted by Gasteiger charge is -2.23. The van der Waals surface area contributed by atoms with E-state index in [9.17, 15) is 14.4 Å². The number of amides is 3. The van der Waals surface area contributed by atoms with Gasteiger partial charge in [-0.25, -0.2) is 0 Å². The third kappa shape index (κ3) is 4.86. The highest BCUT2D eigenvalue weighted by atomic mass is 35.5. The minimum Gasteiger partial charge on any atom is -0.497 e. The fourth-order valence-corrected chi connectivity index (χ4v) is 3.37. The number of carbonyl (C=O) groups excluding carboxylic acids is 3. The highest BCUT2D eigenvalue weighted by Gasteiger charge is 2.27. The maximum absolute atomic E-state index is 13.0. The number of rotatable bonds is 6. The van der Waals surface area contributed by atoms with E-state index in [1.165, 1.54) is 11.9 Å². The van der Waals surface area contributed by atoms with Gasteiger partial charge in [0.25, 0.3) is 5.91 Å². The van der Waals surface area contributed by atoms with E-state index in [-0.39, 0.29) is 24.3 Å². The molecule has 0 bridgehead atoms. The Morgan fingerprint density at radius 3 is 2.72 bits per heavy atom. The van der Waals surface area contributed by atoms with Crippen LogP contribution < -0.4 is 15.0 Å². The van der Waals surface area contributed by atoms with Crippen LogP contribution in [0.2, 0.25) is 5.02 Å². The van der Waals surface area contributed by atoms with Crippen LogP contribution in [0.5, 0.6) is 5.75 Å². The Morgan fingerprint density at radius 2 is 2.03 bits per heavy atom. The minimum absolute atomic E-state index is 0.0419. The SMILES string of the molecule is COc1cccc(NC(=O)CN(C)C(=O)c2ccc(Cl)cc2N2CCCC2=O)c1. The molecule has 1 aliphatic rings. The van der Waals surface area contributed by atoms with Crippen molar-refractivity contribution in [1.29, 1.82) is 0 Å². The molecule has 1 heterocycles. The normalized spacial score (nSPS) is 13.3. The van der Waals surface area contributed by atoms with Crippen molar-refractivity contribution < 1.29 is 19.1 Å². The summed E-state index contributed by atoms with van der Waals surface area (Å²) < 4.78 is 5.13. The van der Waals surface area contributed by atoms with Crippen molar-refractivity contribution in [2.24, 2.45) is 0 Å². The molecule has 152 valence electrons. The third-order valence-electron chi connectivity index (χ3n) is 4.64. The summed E-state index contributed by atoms with van der Waals surface area (Å²) in [6.45, 7) is 0.394. The van der Waals surface area contributed by atoms with E-state index in [0.29, 0.717) is 40.7 Å². The molecule has 0 spiro atoms. The topological polar surface area (TPSA) is 79.0 Å². The quantitative estimate of drug-likeness (QED) is 0.785. The molecule has 0 unspecified atom stereocenters. The summed E-state index contributed by atoms with van der Waals surface area (Å²) in [5, 5.41) is 3.18. The number of halogens is 1. The maximum Gasteiger partial charge on any atom is 0.256 e. The van der Waals surface area contributed by atoms with Crippen molar-refractivity contribution in [3.63, 3.8) is 0 Å². The first-order valence-corrected chi connectivity index (χ1v) is 9.56. The second-order valence-electron chi connectivity index (χ2n) is 6.75. The molecule has 1 N–H and O–H groups in total. The number of likely N-dealkylation sites (N-methyl/N-ethyl adjacent to an activating group) is 1. The Bertz CT molecular complexity index is 947. The Kier molecular flexibility index (Phi) is 6.39. The highest BCUT2D eigenvalue weighted by molar-refractivity contribution is 6.31. The van der Waals surface area contributed by atoms with Gasteiger partial charge in [-0.15, -0.1) is 0 Å². The summed E-state index contributed by atoms with van der Waals surface area (Å²) in [7, 11) is 3.08. The summed E-state index contributed by atoms with van der Waals surface area (Å²) in [5.74, 6) is -0.132. The van der Waals surface area contributed by atoms with Gasteiger partial charge in [0.1, 0.15) is 5.75 Å². The molecule has 3 amide bonds. The zero-order valence-corrected chi connectivity index (χ0v) is 17.0. The van der Waals surface area contributed by atoms with Crippen molar-refractivity contribution in [2.75, 3.05) is 37.5 Å². The van der Waals surface area contributed by atoms with Gasteiger partial charge in [-0.1, -0.05) is 17.7 Å². The van der Waals surface area contributed by atoms with E-state index < -0.39 is 0 Å². The van der Waals surface area contributed by atoms with Crippen molar-refractivity contribution >= 4 is 40.7 Å². The van der Waals surface area contributed by atoms with E-state index in [1.807, 2.05) is 0 Å². The number of carbonyl (C=O) groups is 3. The first-order valence-electron chi connectivity index (χ1n) is 9.18. The molecule has 1 aliphatic heterocycles. The number of anilines is 2. The Labute approximate surface area is 174 Å². The molecule has 0 saturated carbocycles. The van der Waals surface area contributed by atoms with Gasteiger partial charge in [0.2, 0.25) is 11.8 Å². The van der Waals surface area contributed by atoms with Crippen LogP contribution in [0, 0.1) is 0 Å². The average molecular weight is 416 g/mol. The van der Waals surface area contributed by atoms with Gasteiger partial charge in [-0.3, -0.25) is 14.4 Å². The molecule has 1 saturated heterocycles. The van der Waals surface area contributed by atoms with Crippen molar-refractivity contribution in [3.8, 4) is 5.75 Å². The highest BCUT2D eigenvalue weighted by Crippen LogP contribution is 2.29. The Morgan fingerprint density at radius 1 is 1.24 bits per heavy atom. The van der Waals surface area contributed by atoms with Crippen LogP contribution in [-0.4, -0.2) is 49.9 Å². The van der Waals surface area contributed by atoms with Gasteiger partial charge < -0.3 is 19.9 Å². The number of ether oxygens (including phenoxy) is 1. The van der Waals surface area contributed by atoms with Crippen LogP contribution in [0.25, 0.3) is 0 Å². The van der Waals surface area contributed by atoms with E-state index in [0.717, 1.165) is 6.42 Å². The zero-order valence-electron chi connectivity index (χ0n) is 16.3. The van der Waals surface area contributed by atoms with Gasteiger partial charge in [0.15, 0.2) is 0 Å². The lowest BCUT2D eigenvalue weighted by Crippen LogP contribution is -2.36. The molecule has 0 aromatic heterocycles. The fourth-order valence-electron chi connectivity index (χ4n) is 3.21. The zero-order chi connectivity index (χ0) is 21.0. The van der Waals surface area contributed by atoms with Gasteiger partial charge in [-0.05, 0) is 36.8 Å². The number of benzene rings is 2. The second kappa shape index (κ2) is 8.96. The van der Waals surface area contributed by atoms with Gasteiger partial charge in [0, 0.05) is 36.8 Å². The number of hydrogen-bond acceptors (Lipinski definition) is 4. The maximum atomic E-state index is 13.0. The van der Waals surface area contributed by atoms with Gasteiger partial charge in [0.05, 0.1) is 24.9 Å². The second-order valence-corrected chi connectivity index (χ2v) is 7.19. The van der Waals surface area contributed by atoms with E-state index in [4.69, 9.17) is 16.3 Å². The van der Waals surface area contributed by atoms with Gasteiger partial charge in [-0.2, -0.15) is 0 Å². The fraction of sp³-hybridized carbons (Fsp3) is 0.286. The standard InChI is InChI=1S/C21H22ClN3O4/c1-24(13-19(26)23-15-5-3-6-16(12-15)29-2)21(28)17-9-8-14(22)11-18(17)25-10-4-7-20(25)27/h3,5-6,8-9,11-12H,4,7,10,13H2,1-2H3,(H,23,26). The predicted molar refractivity (Wildman–Crippen MR) is 112 cm³/mol. The average Bonchev–Trinajstić information content (AvgIpc) is 3.13. The summed E-state index contributed by atoms with van der Waals surface area (Å²) in [6, 6.07) is 11.8. The van der Waals surface area contributed by atoms with Crippen molar-refractivity contribution in [1.82, 2.24) is 4.90 Å². The summed E-state index contributed by atoms with van der Waals surface area (Å²) in [4.78, 5) is 40.4. The monoisotopic (exact) mass is 415 g/mol. The van der Waals surface area contributed by atoms with Crippen LogP contribution in [0.3, 0.4) is 0 Å². The first kappa shape index (κ1) is 20.7. The number of methoxy groups -OCH3 is 1. The van der Waals surface area contributed by atoms with Crippen LogP contribution in [0.4, 0.5) is 11.4 Å². The Hall–Kier alpha value is -3.06. The summed E-state index contributed by atoms with van der Waals surface area (Å²) >= 11 is 6.09.